The van der Waals surface area contributed by atoms with Crippen molar-refractivity contribution in [1.29, 1.82) is 0 Å². The zero-order chi connectivity index (χ0) is 15.6. The standard InChI is InChI=1S/C14H17N3O4/c1-9(18)15-10(13(19)21-3)8-17-12-7-5-4-6-11(12)16(2)14(17)20/h4-7,10H,8H2,1-3H3,(H,15,18). The van der Waals surface area contributed by atoms with Crippen molar-refractivity contribution in [2.24, 2.45) is 7.05 Å². The fourth-order valence-corrected chi connectivity index (χ4v) is 2.29. The molecule has 1 amide bonds. The van der Waals surface area contributed by atoms with Crippen molar-refractivity contribution in [2.75, 3.05) is 7.11 Å². The highest BCUT2D eigenvalue weighted by Crippen LogP contribution is 2.12. The van der Waals surface area contributed by atoms with Crippen LogP contribution in [0.15, 0.2) is 29.1 Å². The molecule has 0 fully saturated rings. The number of amides is 1. The van der Waals surface area contributed by atoms with Gasteiger partial charge in [0.1, 0.15) is 6.04 Å². The molecule has 1 heterocycles. The molecule has 21 heavy (non-hydrogen) atoms. The molecule has 0 aliphatic heterocycles. The fraction of sp³-hybridized carbons (Fsp3) is 0.357. The lowest BCUT2D eigenvalue weighted by Gasteiger charge is -2.16. The van der Waals surface area contributed by atoms with Crippen molar-refractivity contribution in [3.63, 3.8) is 0 Å². The first kappa shape index (κ1) is 14.8. The highest BCUT2D eigenvalue weighted by atomic mass is 16.5. The Balaban J connectivity index is 2.46. The van der Waals surface area contributed by atoms with Gasteiger partial charge in [-0.3, -0.25) is 13.9 Å². The van der Waals surface area contributed by atoms with Gasteiger partial charge in [0.25, 0.3) is 0 Å². The van der Waals surface area contributed by atoms with E-state index in [2.05, 4.69) is 10.1 Å². The summed E-state index contributed by atoms with van der Waals surface area (Å²) in [6.45, 7) is 1.33. The topological polar surface area (TPSA) is 82.3 Å². The maximum absolute atomic E-state index is 12.3. The summed E-state index contributed by atoms with van der Waals surface area (Å²) in [4.78, 5) is 35.2. The van der Waals surface area contributed by atoms with E-state index in [1.54, 1.807) is 13.1 Å². The Labute approximate surface area is 121 Å². The maximum Gasteiger partial charge on any atom is 0.330 e. The molecule has 0 bridgehead atoms. The Morgan fingerprint density at radius 1 is 1.29 bits per heavy atom. The van der Waals surface area contributed by atoms with Crippen LogP contribution in [0.2, 0.25) is 0 Å². The lowest BCUT2D eigenvalue weighted by molar-refractivity contribution is -0.145. The first-order chi connectivity index (χ1) is 9.95. The second kappa shape index (κ2) is 5.82. The van der Waals surface area contributed by atoms with Gasteiger partial charge in [-0.15, -0.1) is 0 Å². The Morgan fingerprint density at radius 2 is 1.90 bits per heavy atom. The SMILES string of the molecule is COC(=O)C(Cn1c(=O)n(C)c2ccccc21)NC(C)=O. The summed E-state index contributed by atoms with van der Waals surface area (Å²) in [5.74, 6) is -0.955. The van der Waals surface area contributed by atoms with E-state index in [0.717, 1.165) is 5.52 Å². The minimum absolute atomic E-state index is 0.0203. The number of nitrogens with one attached hydrogen (secondary N) is 1. The number of hydrogen-bond acceptors (Lipinski definition) is 4. The van der Waals surface area contributed by atoms with Gasteiger partial charge >= 0.3 is 11.7 Å². The van der Waals surface area contributed by atoms with E-state index in [9.17, 15) is 14.4 Å². The summed E-state index contributed by atoms with van der Waals surface area (Å²) in [6, 6.07) is 6.34. The summed E-state index contributed by atoms with van der Waals surface area (Å²) >= 11 is 0. The Kier molecular flexibility index (Phi) is 4.11. The smallest absolute Gasteiger partial charge is 0.330 e. The van der Waals surface area contributed by atoms with Crippen molar-refractivity contribution in [1.82, 2.24) is 14.5 Å². The van der Waals surface area contributed by atoms with Gasteiger partial charge in [0.2, 0.25) is 5.91 Å². The largest absolute Gasteiger partial charge is 0.467 e. The number of methoxy groups -OCH3 is 1. The number of aromatic nitrogens is 2. The van der Waals surface area contributed by atoms with Crippen molar-refractivity contribution in [3.8, 4) is 0 Å². The molecule has 2 rings (SSSR count). The third kappa shape index (κ3) is 2.81. The van der Waals surface area contributed by atoms with E-state index in [1.807, 2.05) is 18.2 Å². The van der Waals surface area contributed by atoms with Gasteiger partial charge in [0.05, 0.1) is 24.7 Å². The highest BCUT2D eigenvalue weighted by Gasteiger charge is 2.23. The number of ether oxygens (including phenoxy) is 1. The number of para-hydroxylation sites is 2. The van der Waals surface area contributed by atoms with Gasteiger partial charge < -0.3 is 10.1 Å². The zero-order valence-electron chi connectivity index (χ0n) is 12.1. The molecule has 0 aliphatic carbocycles. The number of esters is 1. The van der Waals surface area contributed by atoms with E-state index in [4.69, 9.17) is 0 Å². The molecule has 0 saturated carbocycles. The summed E-state index contributed by atoms with van der Waals surface area (Å²) < 4.78 is 7.62. The predicted octanol–water partition coefficient (Wildman–Crippen LogP) is 0.0177. The Morgan fingerprint density at radius 3 is 2.48 bits per heavy atom. The van der Waals surface area contributed by atoms with Gasteiger partial charge in [-0.2, -0.15) is 0 Å². The van der Waals surface area contributed by atoms with Crippen LogP contribution in [0.5, 0.6) is 0 Å². The summed E-state index contributed by atoms with van der Waals surface area (Å²) in [5, 5.41) is 2.50. The molecule has 1 atom stereocenters. The molecule has 2 aromatic rings. The van der Waals surface area contributed by atoms with Gasteiger partial charge in [-0.05, 0) is 12.1 Å². The molecule has 1 N–H and O–H groups in total. The first-order valence-corrected chi connectivity index (χ1v) is 6.45. The third-order valence-corrected chi connectivity index (χ3v) is 3.28. The van der Waals surface area contributed by atoms with Crippen molar-refractivity contribution in [2.45, 2.75) is 19.5 Å². The fourth-order valence-electron chi connectivity index (χ4n) is 2.29. The molecule has 112 valence electrons. The number of aryl methyl sites for hydroxylation is 1. The van der Waals surface area contributed by atoms with Gasteiger partial charge in [-0.25, -0.2) is 9.59 Å². The minimum atomic E-state index is -0.906. The molecule has 1 aromatic carbocycles. The number of carbonyl (C=O) groups excluding carboxylic acids is 2. The van der Waals surface area contributed by atoms with Crippen LogP contribution in [0.4, 0.5) is 0 Å². The lowest BCUT2D eigenvalue weighted by Crippen LogP contribution is -2.45. The molecule has 0 saturated heterocycles. The number of imidazole rings is 1. The second-order valence-corrected chi connectivity index (χ2v) is 4.72. The number of fused-ring (bicyclic) bond motifs is 1. The van der Waals surface area contributed by atoms with Gasteiger partial charge in [0, 0.05) is 14.0 Å². The number of rotatable bonds is 4. The van der Waals surface area contributed by atoms with Crippen molar-refractivity contribution in [3.05, 3.63) is 34.7 Å². The van der Waals surface area contributed by atoms with Crippen LogP contribution in [0.3, 0.4) is 0 Å². The molecule has 1 unspecified atom stereocenters. The molecule has 0 spiro atoms. The molecule has 7 nitrogen and oxygen atoms in total. The second-order valence-electron chi connectivity index (χ2n) is 4.72. The molecule has 0 aliphatic rings. The predicted molar refractivity (Wildman–Crippen MR) is 76.8 cm³/mol. The molecular weight excluding hydrogens is 274 g/mol. The normalized spacial score (nSPS) is 12.1. The first-order valence-electron chi connectivity index (χ1n) is 6.45. The van der Waals surface area contributed by atoms with E-state index < -0.39 is 12.0 Å². The number of nitrogens with zero attached hydrogens (tertiary/aromatic N) is 2. The zero-order valence-corrected chi connectivity index (χ0v) is 12.1. The van der Waals surface area contributed by atoms with Gasteiger partial charge in [0.15, 0.2) is 0 Å². The summed E-state index contributed by atoms with van der Waals surface area (Å²) in [7, 11) is 2.90. The summed E-state index contributed by atoms with van der Waals surface area (Å²) in [5.41, 5.74) is 1.20. The van der Waals surface area contributed by atoms with Crippen LogP contribution in [0.1, 0.15) is 6.92 Å². The van der Waals surface area contributed by atoms with Crippen LogP contribution < -0.4 is 11.0 Å². The van der Waals surface area contributed by atoms with Gasteiger partial charge in [-0.1, -0.05) is 12.1 Å². The average Bonchev–Trinajstić information content (AvgIpc) is 2.71. The minimum Gasteiger partial charge on any atom is -0.467 e. The number of benzene rings is 1. The molecular formula is C14H17N3O4. The molecule has 1 aromatic heterocycles. The van der Waals surface area contributed by atoms with Crippen LogP contribution in [0.25, 0.3) is 11.0 Å². The third-order valence-electron chi connectivity index (χ3n) is 3.28. The number of hydrogen-bond donors (Lipinski definition) is 1. The van der Waals surface area contributed by atoms with E-state index in [-0.39, 0.29) is 18.1 Å². The van der Waals surface area contributed by atoms with Crippen LogP contribution >= 0.6 is 0 Å². The number of carbonyl (C=O) groups is 2. The van der Waals surface area contributed by atoms with Crippen molar-refractivity contribution < 1.29 is 14.3 Å². The average molecular weight is 291 g/mol. The maximum atomic E-state index is 12.3. The van der Waals surface area contributed by atoms with E-state index >= 15 is 0 Å². The lowest BCUT2D eigenvalue weighted by atomic mass is 10.2. The highest BCUT2D eigenvalue weighted by molar-refractivity contribution is 5.83. The summed E-state index contributed by atoms with van der Waals surface area (Å²) in [6.07, 6.45) is 0. The molecule has 7 heteroatoms. The van der Waals surface area contributed by atoms with Crippen LogP contribution in [-0.4, -0.2) is 34.2 Å². The monoisotopic (exact) mass is 291 g/mol. The molecule has 0 radical (unpaired) electrons. The van der Waals surface area contributed by atoms with Crippen molar-refractivity contribution >= 4 is 22.9 Å². The van der Waals surface area contributed by atoms with E-state index in [0.29, 0.717) is 5.52 Å². The van der Waals surface area contributed by atoms with E-state index in [1.165, 1.54) is 23.2 Å². The van der Waals surface area contributed by atoms with Crippen LogP contribution in [0, 0.1) is 0 Å². The Hall–Kier alpha value is -2.57. The van der Waals surface area contributed by atoms with Crippen LogP contribution in [-0.2, 0) is 27.9 Å². The quantitative estimate of drug-likeness (QED) is 0.805. The Bertz CT molecular complexity index is 744.